The minimum atomic E-state index is 0.0442. The van der Waals surface area contributed by atoms with Crippen LogP contribution in [0.15, 0.2) is 24.3 Å². The molecule has 0 saturated carbocycles. The van der Waals surface area contributed by atoms with Gasteiger partial charge in [-0.25, -0.2) is 0 Å². The Bertz CT molecular complexity index is 416. The molecule has 1 heterocycles. The van der Waals surface area contributed by atoms with E-state index < -0.39 is 0 Å². The fourth-order valence-electron chi connectivity index (χ4n) is 2.53. The molecule has 20 heavy (non-hydrogen) atoms. The van der Waals surface area contributed by atoms with E-state index >= 15 is 0 Å². The highest BCUT2D eigenvalue weighted by molar-refractivity contribution is 6.18. The molecule has 0 aliphatic carbocycles. The Morgan fingerprint density at radius 3 is 2.25 bits per heavy atom. The summed E-state index contributed by atoms with van der Waals surface area (Å²) >= 11 is 6.17. The van der Waals surface area contributed by atoms with Crippen LogP contribution in [-0.2, 0) is 16.7 Å². The monoisotopic (exact) mass is 295 g/mol. The second-order valence-electron chi connectivity index (χ2n) is 6.83. The lowest BCUT2D eigenvalue weighted by Gasteiger charge is -2.36. The van der Waals surface area contributed by atoms with Crippen molar-refractivity contribution in [2.45, 2.75) is 51.1 Å². The van der Waals surface area contributed by atoms with Gasteiger partial charge in [0.1, 0.15) is 0 Å². The number of hydrogen-bond acceptors (Lipinski definition) is 2. The van der Waals surface area contributed by atoms with E-state index in [0.29, 0.717) is 5.88 Å². The molecule has 0 unspecified atom stereocenters. The van der Waals surface area contributed by atoms with Gasteiger partial charge in [-0.05, 0) is 29.4 Å². The first-order chi connectivity index (χ1) is 9.45. The molecule has 2 nitrogen and oxygen atoms in total. The van der Waals surface area contributed by atoms with Gasteiger partial charge >= 0.3 is 0 Å². The molecule has 1 aromatic rings. The largest absolute Gasteiger partial charge is 0.381 e. The van der Waals surface area contributed by atoms with Gasteiger partial charge in [-0.3, -0.25) is 0 Å². The van der Waals surface area contributed by atoms with Crippen molar-refractivity contribution in [3.05, 3.63) is 35.4 Å². The molecule has 1 aliphatic heterocycles. The Morgan fingerprint density at radius 2 is 1.75 bits per heavy atom. The third kappa shape index (κ3) is 3.97. The van der Waals surface area contributed by atoms with E-state index in [1.165, 1.54) is 11.1 Å². The van der Waals surface area contributed by atoms with Gasteiger partial charge in [0, 0.05) is 31.2 Å². The van der Waals surface area contributed by atoms with Crippen molar-refractivity contribution in [2.75, 3.05) is 19.1 Å². The van der Waals surface area contributed by atoms with Crippen molar-refractivity contribution < 1.29 is 4.74 Å². The van der Waals surface area contributed by atoms with Gasteiger partial charge in [-0.2, -0.15) is 0 Å². The number of benzene rings is 1. The third-order valence-electron chi connectivity index (χ3n) is 4.19. The molecule has 0 spiro atoms. The van der Waals surface area contributed by atoms with E-state index in [2.05, 4.69) is 50.4 Å². The highest BCUT2D eigenvalue weighted by atomic mass is 35.5. The summed E-state index contributed by atoms with van der Waals surface area (Å²) in [7, 11) is 0. The highest BCUT2D eigenvalue weighted by Gasteiger charge is 2.30. The summed E-state index contributed by atoms with van der Waals surface area (Å²) in [4.78, 5) is 0. The summed E-state index contributed by atoms with van der Waals surface area (Å²) < 4.78 is 5.43. The van der Waals surface area contributed by atoms with E-state index in [1.807, 2.05) is 0 Å². The summed E-state index contributed by atoms with van der Waals surface area (Å²) in [6.07, 6.45) is 1.99. The fraction of sp³-hybridized carbons (Fsp3) is 0.647. The van der Waals surface area contributed by atoms with Crippen LogP contribution in [0.2, 0.25) is 0 Å². The molecule has 2 rings (SSSR count). The van der Waals surface area contributed by atoms with E-state index in [1.54, 1.807) is 0 Å². The van der Waals surface area contributed by atoms with Crippen LogP contribution in [0.4, 0.5) is 0 Å². The number of halogens is 1. The molecule has 0 aromatic heterocycles. The number of nitrogens with one attached hydrogen (secondary N) is 1. The maximum atomic E-state index is 6.17. The van der Waals surface area contributed by atoms with Crippen LogP contribution in [0.1, 0.15) is 44.7 Å². The average molecular weight is 296 g/mol. The van der Waals surface area contributed by atoms with Crippen LogP contribution >= 0.6 is 11.6 Å². The van der Waals surface area contributed by atoms with E-state index in [-0.39, 0.29) is 11.0 Å². The highest BCUT2D eigenvalue weighted by Crippen LogP contribution is 2.24. The predicted molar refractivity (Wildman–Crippen MR) is 85.5 cm³/mol. The van der Waals surface area contributed by atoms with E-state index in [0.717, 1.165) is 32.6 Å². The van der Waals surface area contributed by atoms with Crippen LogP contribution in [0.25, 0.3) is 0 Å². The molecule has 1 aromatic carbocycles. The standard InChI is InChI=1S/C17H26ClNO/c1-16(2,3)15-6-4-14(5-7-15)12-19-17(13-18)8-10-20-11-9-17/h4-7,19H,8-13H2,1-3H3. The molecule has 1 N–H and O–H groups in total. The van der Waals surface area contributed by atoms with Crippen LogP contribution in [0, 0.1) is 0 Å². The number of alkyl halides is 1. The molecule has 1 saturated heterocycles. The van der Waals surface area contributed by atoms with Crippen LogP contribution in [-0.4, -0.2) is 24.6 Å². The van der Waals surface area contributed by atoms with Gasteiger partial charge in [0.2, 0.25) is 0 Å². The summed E-state index contributed by atoms with van der Waals surface area (Å²) in [5, 5.41) is 3.65. The zero-order chi connectivity index (χ0) is 14.6. The molecular weight excluding hydrogens is 270 g/mol. The van der Waals surface area contributed by atoms with Gasteiger partial charge in [-0.1, -0.05) is 45.0 Å². The van der Waals surface area contributed by atoms with Crippen molar-refractivity contribution in [2.24, 2.45) is 0 Å². The first-order valence-corrected chi connectivity index (χ1v) is 7.97. The molecular formula is C17H26ClNO. The van der Waals surface area contributed by atoms with Gasteiger partial charge in [0.15, 0.2) is 0 Å². The van der Waals surface area contributed by atoms with Crippen molar-refractivity contribution in [3.63, 3.8) is 0 Å². The van der Waals surface area contributed by atoms with Gasteiger partial charge < -0.3 is 10.1 Å². The van der Waals surface area contributed by atoms with Crippen molar-refractivity contribution in [3.8, 4) is 0 Å². The zero-order valence-electron chi connectivity index (χ0n) is 12.8. The summed E-state index contributed by atoms with van der Waals surface area (Å²) in [5.41, 5.74) is 2.94. The molecule has 0 bridgehead atoms. The van der Waals surface area contributed by atoms with Crippen molar-refractivity contribution in [1.29, 1.82) is 0 Å². The number of hydrogen-bond donors (Lipinski definition) is 1. The fourth-order valence-corrected chi connectivity index (χ4v) is 2.89. The topological polar surface area (TPSA) is 21.3 Å². The molecule has 3 heteroatoms. The molecule has 0 amide bonds. The first kappa shape index (κ1) is 15.8. The van der Waals surface area contributed by atoms with Crippen LogP contribution in [0.3, 0.4) is 0 Å². The van der Waals surface area contributed by atoms with Crippen molar-refractivity contribution in [1.82, 2.24) is 5.32 Å². The van der Waals surface area contributed by atoms with Gasteiger partial charge in [0.05, 0.1) is 0 Å². The maximum absolute atomic E-state index is 6.17. The van der Waals surface area contributed by atoms with Crippen molar-refractivity contribution >= 4 is 11.6 Å². The minimum absolute atomic E-state index is 0.0442. The molecule has 1 aliphatic rings. The van der Waals surface area contributed by atoms with Gasteiger partial charge in [-0.15, -0.1) is 11.6 Å². The van der Waals surface area contributed by atoms with E-state index in [9.17, 15) is 0 Å². The zero-order valence-corrected chi connectivity index (χ0v) is 13.6. The molecule has 0 atom stereocenters. The predicted octanol–water partition coefficient (Wildman–Crippen LogP) is 3.86. The van der Waals surface area contributed by atoms with E-state index in [4.69, 9.17) is 16.3 Å². The Balaban J connectivity index is 1.96. The summed E-state index contributed by atoms with van der Waals surface area (Å²) in [6.45, 7) is 9.21. The second kappa shape index (κ2) is 6.46. The first-order valence-electron chi connectivity index (χ1n) is 7.43. The molecule has 0 radical (unpaired) electrons. The lowest BCUT2D eigenvalue weighted by Crippen LogP contribution is -2.50. The van der Waals surface area contributed by atoms with Gasteiger partial charge in [0.25, 0.3) is 0 Å². The second-order valence-corrected chi connectivity index (χ2v) is 7.09. The van der Waals surface area contributed by atoms with Crippen LogP contribution < -0.4 is 5.32 Å². The lowest BCUT2D eigenvalue weighted by molar-refractivity contribution is 0.0459. The normalized spacial score (nSPS) is 19.0. The summed E-state index contributed by atoms with van der Waals surface area (Å²) in [6, 6.07) is 8.90. The SMILES string of the molecule is CC(C)(C)c1ccc(CNC2(CCl)CCOCC2)cc1. The maximum Gasteiger partial charge on any atom is 0.0484 e. The lowest BCUT2D eigenvalue weighted by atomic mass is 9.86. The number of rotatable bonds is 4. The summed E-state index contributed by atoms with van der Waals surface area (Å²) in [5.74, 6) is 0.649. The number of ether oxygens (including phenoxy) is 1. The Morgan fingerprint density at radius 1 is 1.15 bits per heavy atom. The average Bonchev–Trinajstić information content (AvgIpc) is 2.46. The van der Waals surface area contributed by atoms with Crippen LogP contribution in [0.5, 0.6) is 0 Å². The quantitative estimate of drug-likeness (QED) is 0.852. The third-order valence-corrected chi connectivity index (χ3v) is 4.70. The molecule has 112 valence electrons. The Labute approximate surface area is 127 Å². The Kier molecular flexibility index (Phi) is 5.11. The smallest absolute Gasteiger partial charge is 0.0484 e. The Hall–Kier alpha value is -0.570. The molecule has 1 fully saturated rings. The minimum Gasteiger partial charge on any atom is -0.381 e.